The van der Waals surface area contributed by atoms with E-state index in [1.807, 2.05) is 43.3 Å². The average Bonchev–Trinajstić information content (AvgIpc) is 2.57. The Hall–Kier alpha value is -2.07. The predicted molar refractivity (Wildman–Crippen MR) is 102 cm³/mol. The van der Waals surface area contributed by atoms with Gasteiger partial charge in [-0.15, -0.1) is 0 Å². The summed E-state index contributed by atoms with van der Waals surface area (Å²) in [6, 6.07) is 15.3. The van der Waals surface area contributed by atoms with E-state index in [1.165, 1.54) is 0 Å². The van der Waals surface area contributed by atoms with Gasteiger partial charge in [-0.2, -0.15) is 0 Å². The molecule has 0 aliphatic carbocycles. The molecule has 0 spiro atoms. The van der Waals surface area contributed by atoms with Gasteiger partial charge in [0.1, 0.15) is 5.82 Å². The van der Waals surface area contributed by atoms with Gasteiger partial charge in [0.2, 0.25) is 0 Å². The van der Waals surface area contributed by atoms with Gasteiger partial charge in [-0.1, -0.05) is 59.6 Å². The molecule has 3 aromatic rings. The third-order valence-electron chi connectivity index (χ3n) is 4.03. The maximum atomic E-state index is 6.43. The molecule has 0 atom stereocenters. The molecule has 0 unspecified atom stereocenters. The van der Waals surface area contributed by atoms with Crippen molar-refractivity contribution in [2.45, 2.75) is 13.5 Å². The minimum Gasteiger partial charge on any atom is -0.383 e. The first kappa shape index (κ1) is 16.8. The fraction of sp³-hybridized carbons (Fsp3) is 0.105. The van der Waals surface area contributed by atoms with Crippen molar-refractivity contribution < 1.29 is 0 Å². The van der Waals surface area contributed by atoms with E-state index in [4.69, 9.17) is 34.7 Å². The van der Waals surface area contributed by atoms with E-state index in [0.29, 0.717) is 15.9 Å². The van der Waals surface area contributed by atoms with Crippen molar-refractivity contribution in [1.82, 2.24) is 4.98 Å². The summed E-state index contributed by atoms with van der Waals surface area (Å²) in [4.78, 5) is 4.58. The number of nitrogen functional groups attached to an aromatic ring is 1. The maximum absolute atomic E-state index is 6.43. The second-order valence-corrected chi connectivity index (χ2v) is 6.36. The van der Waals surface area contributed by atoms with Crippen LogP contribution in [-0.4, -0.2) is 4.98 Å². The summed E-state index contributed by atoms with van der Waals surface area (Å²) in [5.74, 6) is 0.419. The molecule has 2 aromatic carbocycles. The number of nitrogens with two attached hydrogens (primary N) is 2. The molecule has 24 heavy (non-hydrogen) atoms. The van der Waals surface area contributed by atoms with Gasteiger partial charge < -0.3 is 11.5 Å². The highest BCUT2D eigenvalue weighted by atomic mass is 35.5. The lowest BCUT2D eigenvalue weighted by Gasteiger charge is -2.18. The molecule has 0 fully saturated rings. The predicted octanol–water partition coefficient (Wildman–Crippen LogP) is 5.07. The Morgan fingerprint density at radius 1 is 1.04 bits per heavy atom. The Morgan fingerprint density at radius 2 is 1.75 bits per heavy atom. The molecule has 1 aromatic heterocycles. The molecular formula is C19H17Cl2N3. The smallest absolute Gasteiger partial charge is 0.129 e. The molecule has 3 nitrogen and oxygen atoms in total. The summed E-state index contributed by atoms with van der Waals surface area (Å²) in [6.07, 6.45) is 0. The van der Waals surface area contributed by atoms with E-state index in [2.05, 4.69) is 4.98 Å². The van der Waals surface area contributed by atoms with E-state index in [-0.39, 0.29) is 6.54 Å². The van der Waals surface area contributed by atoms with Gasteiger partial charge in [-0.05, 0) is 30.2 Å². The van der Waals surface area contributed by atoms with Crippen LogP contribution in [0.5, 0.6) is 0 Å². The number of benzene rings is 2. The van der Waals surface area contributed by atoms with Gasteiger partial charge in [0.15, 0.2) is 0 Å². The van der Waals surface area contributed by atoms with Crippen LogP contribution in [0.4, 0.5) is 5.82 Å². The number of pyridine rings is 1. The number of halogens is 2. The normalized spacial score (nSPS) is 10.8. The number of hydrogen-bond donors (Lipinski definition) is 2. The molecule has 1 heterocycles. The fourth-order valence-electron chi connectivity index (χ4n) is 2.89. The lowest BCUT2D eigenvalue weighted by molar-refractivity contribution is 1.05. The third-order valence-corrected chi connectivity index (χ3v) is 4.57. The van der Waals surface area contributed by atoms with Crippen LogP contribution in [0.3, 0.4) is 0 Å². The van der Waals surface area contributed by atoms with Crippen molar-refractivity contribution in [2.75, 3.05) is 5.73 Å². The molecule has 0 saturated carbocycles. The molecule has 122 valence electrons. The maximum Gasteiger partial charge on any atom is 0.129 e. The van der Waals surface area contributed by atoms with Crippen molar-refractivity contribution in [3.63, 3.8) is 0 Å². The zero-order valence-electron chi connectivity index (χ0n) is 13.2. The lowest BCUT2D eigenvalue weighted by atomic mass is 9.92. The van der Waals surface area contributed by atoms with Gasteiger partial charge in [0.05, 0.1) is 5.69 Å². The summed E-state index contributed by atoms with van der Waals surface area (Å²) in [7, 11) is 0. The van der Waals surface area contributed by atoms with Crippen molar-refractivity contribution in [2.24, 2.45) is 5.73 Å². The SMILES string of the molecule is Cc1c(-c2ccccc2)nc(N)c(CN)c1-c1ccc(Cl)cc1Cl. The minimum absolute atomic E-state index is 0.281. The van der Waals surface area contributed by atoms with Gasteiger partial charge in [0, 0.05) is 33.3 Å². The molecule has 0 amide bonds. The minimum atomic E-state index is 0.281. The highest BCUT2D eigenvalue weighted by Gasteiger charge is 2.19. The topological polar surface area (TPSA) is 64.9 Å². The van der Waals surface area contributed by atoms with E-state index in [1.54, 1.807) is 12.1 Å². The molecule has 5 heteroatoms. The van der Waals surface area contributed by atoms with Gasteiger partial charge >= 0.3 is 0 Å². The quantitative estimate of drug-likeness (QED) is 0.687. The zero-order chi connectivity index (χ0) is 17.3. The Kier molecular flexibility index (Phi) is 4.76. The molecule has 4 N–H and O–H groups in total. The molecule has 0 aliphatic heterocycles. The van der Waals surface area contributed by atoms with Crippen LogP contribution in [0.2, 0.25) is 10.0 Å². The standard InChI is InChI=1S/C19H17Cl2N3/c1-11-17(14-8-7-13(20)9-16(14)21)15(10-22)19(23)24-18(11)12-5-3-2-4-6-12/h2-9H,10,22H2,1H3,(H2,23,24). The van der Waals surface area contributed by atoms with Crippen LogP contribution >= 0.6 is 23.2 Å². The van der Waals surface area contributed by atoms with Crippen LogP contribution in [0.15, 0.2) is 48.5 Å². The molecule has 0 aliphatic rings. The number of nitrogens with zero attached hydrogens (tertiary/aromatic N) is 1. The summed E-state index contributed by atoms with van der Waals surface area (Å²) in [5.41, 5.74) is 17.5. The van der Waals surface area contributed by atoms with E-state index >= 15 is 0 Å². The number of anilines is 1. The Balaban J connectivity index is 2.33. The first-order valence-corrected chi connectivity index (χ1v) is 8.28. The van der Waals surface area contributed by atoms with Crippen molar-refractivity contribution in [3.8, 4) is 22.4 Å². The second kappa shape index (κ2) is 6.81. The van der Waals surface area contributed by atoms with E-state index in [9.17, 15) is 0 Å². The number of rotatable bonds is 3. The Bertz CT molecular complexity index is 893. The molecule has 3 rings (SSSR count). The Morgan fingerprint density at radius 3 is 2.38 bits per heavy atom. The van der Waals surface area contributed by atoms with Crippen LogP contribution in [0, 0.1) is 6.92 Å². The van der Waals surface area contributed by atoms with Crippen molar-refractivity contribution in [1.29, 1.82) is 0 Å². The summed E-state index contributed by atoms with van der Waals surface area (Å²) in [6.45, 7) is 2.29. The summed E-state index contributed by atoms with van der Waals surface area (Å²) < 4.78 is 0. The fourth-order valence-corrected chi connectivity index (χ4v) is 3.39. The highest BCUT2D eigenvalue weighted by molar-refractivity contribution is 6.36. The summed E-state index contributed by atoms with van der Waals surface area (Å²) >= 11 is 12.5. The van der Waals surface area contributed by atoms with Crippen LogP contribution < -0.4 is 11.5 Å². The van der Waals surface area contributed by atoms with Crippen molar-refractivity contribution in [3.05, 3.63) is 69.7 Å². The molecule has 0 bridgehead atoms. The van der Waals surface area contributed by atoms with E-state index in [0.717, 1.165) is 33.5 Å². The van der Waals surface area contributed by atoms with Gasteiger partial charge in [-0.3, -0.25) is 0 Å². The lowest BCUT2D eigenvalue weighted by Crippen LogP contribution is -2.09. The van der Waals surface area contributed by atoms with Gasteiger partial charge in [-0.25, -0.2) is 4.98 Å². The number of aromatic nitrogens is 1. The van der Waals surface area contributed by atoms with Crippen LogP contribution in [0.1, 0.15) is 11.1 Å². The monoisotopic (exact) mass is 357 g/mol. The van der Waals surface area contributed by atoms with Crippen LogP contribution in [0.25, 0.3) is 22.4 Å². The largest absolute Gasteiger partial charge is 0.383 e. The average molecular weight is 358 g/mol. The molecule has 0 saturated heterocycles. The Labute approximate surface area is 151 Å². The third kappa shape index (κ3) is 2.98. The number of hydrogen-bond acceptors (Lipinski definition) is 3. The zero-order valence-corrected chi connectivity index (χ0v) is 14.7. The van der Waals surface area contributed by atoms with Gasteiger partial charge in [0.25, 0.3) is 0 Å². The first-order chi connectivity index (χ1) is 11.5. The highest BCUT2D eigenvalue weighted by Crippen LogP contribution is 2.39. The molecule has 0 radical (unpaired) electrons. The van der Waals surface area contributed by atoms with Crippen molar-refractivity contribution >= 4 is 29.0 Å². The van der Waals surface area contributed by atoms with E-state index < -0.39 is 0 Å². The first-order valence-electron chi connectivity index (χ1n) is 7.52. The second-order valence-electron chi connectivity index (χ2n) is 5.52. The molecular weight excluding hydrogens is 341 g/mol. The summed E-state index contributed by atoms with van der Waals surface area (Å²) in [5, 5.41) is 1.14. The van der Waals surface area contributed by atoms with Crippen LogP contribution in [-0.2, 0) is 6.54 Å².